The molecule has 0 N–H and O–H groups in total. The molecule has 3 rings (SSSR count). The molecular weight excluding hydrogens is 342 g/mol. The Hall–Kier alpha value is -3.08. The molecule has 1 aromatic heterocycles. The SMILES string of the molecule is Cc1cc(=O)oc2cc(OCC(=O)N(Cc3ccccc3)C(C)C)ccc12. The average Bonchev–Trinajstić information content (AvgIpc) is 2.64. The highest BCUT2D eigenvalue weighted by Gasteiger charge is 2.18. The Kier molecular flexibility index (Phi) is 5.60. The molecule has 0 unspecified atom stereocenters. The van der Waals surface area contributed by atoms with E-state index in [0.29, 0.717) is 17.9 Å². The lowest BCUT2D eigenvalue weighted by Crippen LogP contribution is -2.39. The van der Waals surface area contributed by atoms with E-state index in [1.807, 2.05) is 57.2 Å². The summed E-state index contributed by atoms with van der Waals surface area (Å²) in [7, 11) is 0. The van der Waals surface area contributed by atoms with Crippen LogP contribution in [-0.2, 0) is 11.3 Å². The Morgan fingerprint density at radius 1 is 1.11 bits per heavy atom. The van der Waals surface area contributed by atoms with Crippen LogP contribution in [0.25, 0.3) is 11.0 Å². The minimum absolute atomic E-state index is 0.0542. The van der Waals surface area contributed by atoms with Crippen LogP contribution in [0, 0.1) is 6.92 Å². The molecule has 3 aromatic rings. The van der Waals surface area contributed by atoms with Crippen molar-refractivity contribution in [1.82, 2.24) is 4.90 Å². The summed E-state index contributed by atoms with van der Waals surface area (Å²) in [6.45, 7) is 6.27. The summed E-state index contributed by atoms with van der Waals surface area (Å²) >= 11 is 0. The standard InChI is InChI=1S/C22H23NO4/c1-15(2)23(13-17-7-5-4-6-8-17)21(24)14-26-18-9-10-19-16(3)11-22(25)27-20(19)12-18/h4-12,15H,13-14H2,1-3H3. The van der Waals surface area contributed by atoms with Crippen molar-refractivity contribution in [2.75, 3.05) is 6.61 Å². The summed E-state index contributed by atoms with van der Waals surface area (Å²) < 4.78 is 10.9. The summed E-state index contributed by atoms with van der Waals surface area (Å²) in [6, 6.07) is 16.6. The molecular formula is C22H23NO4. The van der Waals surface area contributed by atoms with Gasteiger partial charge in [-0.3, -0.25) is 4.79 Å². The van der Waals surface area contributed by atoms with E-state index in [2.05, 4.69) is 0 Å². The number of carbonyl (C=O) groups is 1. The van der Waals surface area contributed by atoms with Crippen LogP contribution in [-0.4, -0.2) is 23.5 Å². The molecule has 1 heterocycles. The minimum Gasteiger partial charge on any atom is -0.484 e. The fraction of sp³-hybridized carbons (Fsp3) is 0.273. The second-order valence-corrected chi connectivity index (χ2v) is 6.80. The number of amides is 1. The molecule has 0 saturated heterocycles. The van der Waals surface area contributed by atoms with E-state index in [0.717, 1.165) is 16.5 Å². The number of benzene rings is 2. The quantitative estimate of drug-likeness (QED) is 0.621. The number of hydrogen-bond acceptors (Lipinski definition) is 4. The molecule has 5 nitrogen and oxygen atoms in total. The predicted octanol–water partition coefficient (Wildman–Crippen LogP) is 3.92. The lowest BCUT2D eigenvalue weighted by atomic mass is 10.1. The Morgan fingerprint density at radius 3 is 2.56 bits per heavy atom. The van der Waals surface area contributed by atoms with Gasteiger partial charge in [0.2, 0.25) is 0 Å². The zero-order valence-corrected chi connectivity index (χ0v) is 15.8. The first-order valence-electron chi connectivity index (χ1n) is 8.95. The maximum absolute atomic E-state index is 12.7. The Balaban J connectivity index is 1.71. The number of ether oxygens (including phenoxy) is 1. The molecule has 0 aliphatic rings. The van der Waals surface area contributed by atoms with Crippen LogP contribution in [0.1, 0.15) is 25.0 Å². The topological polar surface area (TPSA) is 59.8 Å². The lowest BCUT2D eigenvalue weighted by molar-refractivity contribution is -0.135. The highest BCUT2D eigenvalue weighted by Crippen LogP contribution is 2.22. The third-order valence-electron chi connectivity index (χ3n) is 4.42. The van der Waals surface area contributed by atoms with E-state index in [9.17, 15) is 9.59 Å². The molecule has 0 bridgehead atoms. The highest BCUT2D eigenvalue weighted by molar-refractivity contribution is 5.82. The van der Waals surface area contributed by atoms with Crippen LogP contribution >= 0.6 is 0 Å². The largest absolute Gasteiger partial charge is 0.484 e. The molecule has 0 spiro atoms. The van der Waals surface area contributed by atoms with Gasteiger partial charge in [0.25, 0.3) is 5.91 Å². The van der Waals surface area contributed by atoms with Crippen molar-refractivity contribution in [2.45, 2.75) is 33.4 Å². The van der Waals surface area contributed by atoms with Crippen molar-refractivity contribution in [2.24, 2.45) is 0 Å². The Labute approximate surface area is 158 Å². The van der Waals surface area contributed by atoms with Crippen LogP contribution in [0.3, 0.4) is 0 Å². The third-order valence-corrected chi connectivity index (χ3v) is 4.42. The van der Waals surface area contributed by atoms with E-state index in [1.165, 1.54) is 6.07 Å². The normalized spacial score (nSPS) is 11.0. The third kappa shape index (κ3) is 4.56. The average molecular weight is 365 g/mol. The van der Waals surface area contributed by atoms with Gasteiger partial charge in [-0.1, -0.05) is 30.3 Å². The smallest absolute Gasteiger partial charge is 0.336 e. The zero-order chi connectivity index (χ0) is 19.4. The summed E-state index contributed by atoms with van der Waals surface area (Å²) in [5.74, 6) is 0.396. The number of rotatable bonds is 6. The van der Waals surface area contributed by atoms with Gasteiger partial charge in [-0.05, 0) is 44.0 Å². The van der Waals surface area contributed by atoms with Gasteiger partial charge in [0.15, 0.2) is 6.61 Å². The van der Waals surface area contributed by atoms with Crippen molar-refractivity contribution in [3.05, 3.63) is 76.1 Å². The van der Waals surface area contributed by atoms with Gasteiger partial charge in [0.05, 0.1) is 0 Å². The molecule has 0 saturated carbocycles. The van der Waals surface area contributed by atoms with E-state index < -0.39 is 5.63 Å². The van der Waals surface area contributed by atoms with E-state index in [-0.39, 0.29) is 18.6 Å². The molecule has 0 aliphatic heterocycles. The molecule has 0 atom stereocenters. The van der Waals surface area contributed by atoms with Crippen molar-refractivity contribution >= 4 is 16.9 Å². The van der Waals surface area contributed by atoms with Gasteiger partial charge in [0, 0.05) is 30.1 Å². The summed E-state index contributed by atoms with van der Waals surface area (Å²) in [4.78, 5) is 26.0. The number of hydrogen-bond donors (Lipinski definition) is 0. The van der Waals surface area contributed by atoms with Crippen LogP contribution in [0.15, 0.2) is 63.8 Å². The molecule has 0 aliphatic carbocycles. The van der Waals surface area contributed by atoms with Crippen LogP contribution in [0.2, 0.25) is 0 Å². The number of nitrogens with zero attached hydrogens (tertiary/aromatic N) is 1. The molecule has 2 aromatic carbocycles. The predicted molar refractivity (Wildman–Crippen MR) is 105 cm³/mol. The summed E-state index contributed by atoms with van der Waals surface area (Å²) in [5, 5.41) is 0.848. The maximum Gasteiger partial charge on any atom is 0.336 e. The van der Waals surface area contributed by atoms with Gasteiger partial charge in [0.1, 0.15) is 11.3 Å². The molecule has 140 valence electrons. The number of carbonyl (C=O) groups excluding carboxylic acids is 1. The summed E-state index contributed by atoms with van der Waals surface area (Å²) in [6.07, 6.45) is 0. The monoisotopic (exact) mass is 365 g/mol. The van der Waals surface area contributed by atoms with Crippen LogP contribution in [0.4, 0.5) is 0 Å². The van der Waals surface area contributed by atoms with E-state index in [4.69, 9.17) is 9.15 Å². The first-order valence-corrected chi connectivity index (χ1v) is 8.95. The molecule has 5 heteroatoms. The number of fused-ring (bicyclic) bond motifs is 1. The van der Waals surface area contributed by atoms with Gasteiger partial charge >= 0.3 is 5.63 Å². The first-order chi connectivity index (χ1) is 12.9. The van der Waals surface area contributed by atoms with Crippen molar-refractivity contribution in [1.29, 1.82) is 0 Å². The fourth-order valence-corrected chi connectivity index (χ4v) is 2.96. The first kappa shape index (κ1) is 18.7. The van der Waals surface area contributed by atoms with E-state index in [1.54, 1.807) is 17.0 Å². The maximum atomic E-state index is 12.7. The molecule has 0 fully saturated rings. The number of aryl methyl sites for hydroxylation is 1. The Morgan fingerprint density at radius 2 is 1.85 bits per heavy atom. The van der Waals surface area contributed by atoms with Gasteiger partial charge in [-0.15, -0.1) is 0 Å². The van der Waals surface area contributed by atoms with Gasteiger partial charge in [-0.25, -0.2) is 4.79 Å². The molecule has 27 heavy (non-hydrogen) atoms. The lowest BCUT2D eigenvalue weighted by Gasteiger charge is -2.27. The second kappa shape index (κ2) is 8.08. The van der Waals surface area contributed by atoms with Crippen molar-refractivity contribution < 1.29 is 13.9 Å². The van der Waals surface area contributed by atoms with Crippen molar-refractivity contribution in [3.8, 4) is 5.75 Å². The van der Waals surface area contributed by atoms with Crippen LogP contribution in [0.5, 0.6) is 5.75 Å². The van der Waals surface area contributed by atoms with Crippen molar-refractivity contribution in [3.63, 3.8) is 0 Å². The second-order valence-electron chi connectivity index (χ2n) is 6.80. The fourth-order valence-electron chi connectivity index (χ4n) is 2.96. The highest BCUT2D eigenvalue weighted by atomic mass is 16.5. The minimum atomic E-state index is -0.401. The molecule has 1 amide bonds. The molecule has 0 radical (unpaired) electrons. The van der Waals surface area contributed by atoms with Crippen LogP contribution < -0.4 is 10.4 Å². The zero-order valence-electron chi connectivity index (χ0n) is 15.8. The van der Waals surface area contributed by atoms with E-state index >= 15 is 0 Å². The summed E-state index contributed by atoms with van der Waals surface area (Å²) in [5.41, 5.74) is 1.97. The van der Waals surface area contributed by atoms with Gasteiger partial charge in [-0.2, -0.15) is 0 Å². The van der Waals surface area contributed by atoms with Gasteiger partial charge < -0.3 is 14.1 Å². The Bertz CT molecular complexity index is 992.